The van der Waals surface area contributed by atoms with E-state index in [0.717, 1.165) is 24.1 Å². The highest BCUT2D eigenvalue weighted by molar-refractivity contribution is 5.32. The molecule has 1 aromatic rings. The molecule has 2 aliphatic carbocycles. The number of nitrogens with zero attached hydrogens (tertiary/aromatic N) is 2. The van der Waals surface area contributed by atoms with Crippen LogP contribution in [0.25, 0.3) is 0 Å². The highest BCUT2D eigenvalue weighted by atomic mass is 15.2. The monoisotopic (exact) mass is 219 g/mol. The normalized spacial score (nSPS) is 21.6. The van der Waals surface area contributed by atoms with Gasteiger partial charge in [-0.2, -0.15) is 0 Å². The Hall–Kier alpha value is -0.990. The Balaban J connectivity index is 1.70. The Labute approximate surface area is 97.3 Å². The molecule has 0 spiro atoms. The molecule has 1 aromatic heterocycles. The maximum atomic E-state index is 4.58. The first-order valence-electron chi connectivity index (χ1n) is 6.61. The van der Waals surface area contributed by atoms with E-state index in [2.05, 4.69) is 28.0 Å². The van der Waals surface area contributed by atoms with Gasteiger partial charge in [-0.05, 0) is 38.5 Å². The number of nitrogens with one attached hydrogen (secondary N) is 1. The van der Waals surface area contributed by atoms with E-state index in [4.69, 9.17) is 0 Å². The molecule has 1 N–H and O–H groups in total. The van der Waals surface area contributed by atoms with Crippen LogP contribution >= 0.6 is 0 Å². The maximum Gasteiger partial charge on any atom is 0.203 e. The molecule has 0 radical (unpaired) electrons. The fourth-order valence-corrected chi connectivity index (χ4v) is 2.68. The quantitative estimate of drug-likeness (QED) is 0.843. The van der Waals surface area contributed by atoms with E-state index >= 15 is 0 Å². The first kappa shape index (κ1) is 10.2. The van der Waals surface area contributed by atoms with E-state index in [0.29, 0.717) is 6.04 Å². The fraction of sp³-hybridized carbons (Fsp3) is 0.769. The van der Waals surface area contributed by atoms with Gasteiger partial charge in [-0.3, -0.25) is 0 Å². The minimum Gasteiger partial charge on any atom is -0.353 e. The summed E-state index contributed by atoms with van der Waals surface area (Å²) in [7, 11) is 0. The summed E-state index contributed by atoms with van der Waals surface area (Å²) in [6.45, 7) is 3.25. The van der Waals surface area contributed by atoms with Gasteiger partial charge in [0.2, 0.25) is 5.95 Å². The SMILES string of the molecule is Cc1cn(CC2CCCC2)c(NC2CC2)n1. The Morgan fingerprint density at radius 1 is 1.31 bits per heavy atom. The number of aryl methyl sites for hydroxylation is 1. The third kappa shape index (κ3) is 2.23. The second-order valence-corrected chi connectivity index (χ2v) is 5.43. The van der Waals surface area contributed by atoms with Crippen LogP contribution < -0.4 is 5.32 Å². The smallest absolute Gasteiger partial charge is 0.203 e. The predicted molar refractivity (Wildman–Crippen MR) is 65.6 cm³/mol. The minimum atomic E-state index is 0.698. The molecule has 0 aromatic carbocycles. The maximum absolute atomic E-state index is 4.58. The van der Waals surface area contributed by atoms with E-state index < -0.39 is 0 Å². The summed E-state index contributed by atoms with van der Waals surface area (Å²) in [5, 5.41) is 3.53. The minimum absolute atomic E-state index is 0.698. The van der Waals surface area contributed by atoms with Crippen molar-refractivity contribution >= 4 is 5.95 Å². The van der Waals surface area contributed by atoms with Crippen molar-refractivity contribution in [3.05, 3.63) is 11.9 Å². The fourth-order valence-electron chi connectivity index (χ4n) is 2.68. The van der Waals surface area contributed by atoms with Crippen molar-refractivity contribution in [1.29, 1.82) is 0 Å². The van der Waals surface area contributed by atoms with Crippen LogP contribution in [-0.4, -0.2) is 15.6 Å². The van der Waals surface area contributed by atoms with Crippen molar-refractivity contribution in [2.75, 3.05) is 5.32 Å². The number of aromatic nitrogens is 2. The van der Waals surface area contributed by atoms with Gasteiger partial charge in [-0.1, -0.05) is 12.8 Å². The molecule has 2 saturated carbocycles. The van der Waals surface area contributed by atoms with Crippen LogP contribution in [0.3, 0.4) is 0 Å². The van der Waals surface area contributed by atoms with Crippen molar-refractivity contribution in [1.82, 2.24) is 9.55 Å². The summed E-state index contributed by atoms with van der Waals surface area (Å²) in [5.41, 5.74) is 1.14. The van der Waals surface area contributed by atoms with Crippen LogP contribution in [0.4, 0.5) is 5.95 Å². The zero-order valence-electron chi connectivity index (χ0n) is 10.1. The Morgan fingerprint density at radius 2 is 2.06 bits per heavy atom. The van der Waals surface area contributed by atoms with Crippen molar-refractivity contribution in [2.45, 2.75) is 58.0 Å². The van der Waals surface area contributed by atoms with Gasteiger partial charge in [-0.15, -0.1) is 0 Å². The number of hydrogen-bond acceptors (Lipinski definition) is 2. The zero-order chi connectivity index (χ0) is 11.0. The largest absolute Gasteiger partial charge is 0.353 e. The van der Waals surface area contributed by atoms with E-state index in [1.807, 2.05) is 0 Å². The van der Waals surface area contributed by atoms with E-state index in [-0.39, 0.29) is 0 Å². The average molecular weight is 219 g/mol. The summed E-state index contributed by atoms with van der Waals surface area (Å²) in [4.78, 5) is 4.58. The van der Waals surface area contributed by atoms with Gasteiger partial charge in [0.15, 0.2) is 0 Å². The second kappa shape index (κ2) is 4.11. The summed E-state index contributed by atoms with van der Waals surface area (Å²) in [5.74, 6) is 1.99. The first-order valence-corrected chi connectivity index (χ1v) is 6.61. The molecule has 0 unspecified atom stereocenters. The molecule has 1 heterocycles. The average Bonchev–Trinajstić information content (AvgIpc) is 2.79. The first-order chi connectivity index (χ1) is 7.81. The van der Waals surface area contributed by atoms with Crippen molar-refractivity contribution in [2.24, 2.45) is 5.92 Å². The molecule has 0 saturated heterocycles. The molecule has 0 aliphatic heterocycles. The molecule has 0 amide bonds. The van der Waals surface area contributed by atoms with Crippen molar-refractivity contribution < 1.29 is 0 Å². The highest BCUT2D eigenvalue weighted by Crippen LogP contribution is 2.29. The number of hydrogen-bond donors (Lipinski definition) is 1. The molecule has 2 fully saturated rings. The molecule has 0 bridgehead atoms. The number of anilines is 1. The van der Waals surface area contributed by atoms with Gasteiger partial charge < -0.3 is 9.88 Å². The van der Waals surface area contributed by atoms with Crippen molar-refractivity contribution in [3.63, 3.8) is 0 Å². The molecule has 0 atom stereocenters. The van der Waals surface area contributed by atoms with Gasteiger partial charge >= 0.3 is 0 Å². The molecule has 2 aliphatic rings. The van der Waals surface area contributed by atoms with Crippen LogP contribution in [0.5, 0.6) is 0 Å². The number of imidazole rings is 1. The van der Waals surface area contributed by atoms with Crippen LogP contribution in [0, 0.1) is 12.8 Å². The van der Waals surface area contributed by atoms with E-state index in [1.54, 1.807) is 0 Å². The van der Waals surface area contributed by atoms with E-state index in [9.17, 15) is 0 Å². The lowest BCUT2D eigenvalue weighted by Crippen LogP contribution is -2.12. The molecule has 88 valence electrons. The number of rotatable bonds is 4. The molecule has 3 heteroatoms. The lowest BCUT2D eigenvalue weighted by atomic mass is 10.1. The molecular weight excluding hydrogens is 198 g/mol. The molecule has 16 heavy (non-hydrogen) atoms. The van der Waals surface area contributed by atoms with Crippen LogP contribution in [-0.2, 0) is 6.54 Å². The Kier molecular flexibility index (Phi) is 2.62. The topological polar surface area (TPSA) is 29.9 Å². The third-order valence-electron chi connectivity index (χ3n) is 3.74. The van der Waals surface area contributed by atoms with Gasteiger partial charge in [0.05, 0.1) is 5.69 Å². The second-order valence-electron chi connectivity index (χ2n) is 5.43. The van der Waals surface area contributed by atoms with Crippen LogP contribution in [0.15, 0.2) is 6.20 Å². The zero-order valence-corrected chi connectivity index (χ0v) is 10.1. The highest BCUT2D eigenvalue weighted by Gasteiger charge is 2.24. The Bertz CT molecular complexity index is 359. The summed E-state index contributed by atoms with van der Waals surface area (Å²) in [6, 6.07) is 0.698. The van der Waals surface area contributed by atoms with Gasteiger partial charge in [0.25, 0.3) is 0 Å². The van der Waals surface area contributed by atoms with Crippen LogP contribution in [0.1, 0.15) is 44.2 Å². The summed E-state index contributed by atoms with van der Waals surface area (Å²) < 4.78 is 2.34. The molecule has 3 rings (SSSR count). The van der Waals surface area contributed by atoms with Gasteiger partial charge in [0, 0.05) is 18.8 Å². The van der Waals surface area contributed by atoms with Gasteiger partial charge in [0.1, 0.15) is 0 Å². The van der Waals surface area contributed by atoms with E-state index in [1.165, 1.54) is 38.5 Å². The summed E-state index contributed by atoms with van der Waals surface area (Å²) >= 11 is 0. The predicted octanol–water partition coefficient (Wildman–Crippen LogP) is 2.96. The van der Waals surface area contributed by atoms with Gasteiger partial charge in [-0.25, -0.2) is 4.98 Å². The van der Waals surface area contributed by atoms with Crippen LogP contribution in [0.2, 0.25) is 0 Å². The molecule has 3 nitrogen and oxygen atoms in total. The standard InChI is InChI=1S/C13H21N3/c1-10-8-16(9-11-4-2-3-5-11)13(14-10)15-12-6-7-12/h8,11-12H,2-7,9H2,1H3,(H,14,15). The Morgan fingerprint density at radius 3 is 2.75 bits per heavy atom. The lowest BCUT2D eigenvalue weighted by Gasteiger charge is -2.13. The third-order valence-corrected chi connectivity index (χ3v) is 3.74. The lowest BCUT2D eigenvalue weighted by molar-refractivity contribution is 0.459. The molecular formula is C13H21N3. The summed E-state index contributed by atoms with van der Waals surface area (Å²) in [6.07, 6.45) is 10.5. The van der Waals surface area contributed by atoms with Crippen molar-refractivity contribution in [3.8, 4) is 0 Å².